The molecule has 0 amide bonds. The van der Waals surface area contributed by atoms with Gasteiger partial charge in [0.2, 0.25) is 0 Å². The summed E-state index contributed by atoms with van der Waals surface area (Å²) in [4.78, 5) is 22.9. The summed E-state index contributed by atoms with van der Waals surface area (Å²) in [5.74, 6) is 0. The first-order valence-electron chi connectivity index (χ1n) is 5.60. The van der Waals surface area contributed by atoms with Gasteiger partial charge in [0, 0.05) is 28.7 Å². The average molecular weight is 296 g/mol. The molecule has 0 aliphatic heterocycles. The lowest BCUT2D eigenvalue weighted by molar-refractivity contribution is 0.108. The summed E-state index contributed by atoms with van der Waals surface area (Å²) in [6.07, 6.45) is 1.46. The van der Waals surface area contributed by atoms with Crippen molar-refractivity contribution < 1.29 is 4.79 Å². The molecule has 1 aromatic carbocycles. The number of aryl methyl sites for hydroxylation is 2. The van der Waals surface area contributed by atoms with E-state index in [4.69, 9.17) is 23.2 Å². The largest absolute Gasteiger partial charge is 0.320 e. The van der Waals surface area contributed by atoms with Crippen LogP contribution in [0.3, 0.4) is 0 Å². The zero-order valence-corrected chi connectivity index (χ0v) is 11.9. The molecule has 2 rings (SSSR count). The van der Waals surface area contributed by atoms with E-state index in [9.17, 15) is 9.59 Å². The number of hydrogen-bond acceptors (Lipinski definition) is 2. The molecule has 0 aliphatic carbocycles. The van der Waals surface area contributed by atoms with Crippen LogP contribution in [0.5, 0.6) is 0 Å². The highest BCUT2D eigenvalue weighted by molar-refractivity contribution is 6.67. The number of hydrogen-bond donors (Lipinski definition) is 0. The highest BCUT2D eigenvalue weighted by Gasteiger charge is 2.12. The highest BCUT2D eigenvalue weighted by Crippen LogP contribution is 2.20. The van der Waals surface area contributed by atoms with Crippen LogP contribution in [-0.4, -0.2) is 9.81 Å². The van der Waals surface area contributed by atoms with Gasteiger partial charge in [-0.05, 0) is 49.2 Å². The number of rotatable bonds is 2. The molecule has 0 radical (unpaired) electrons. The SMILES string of the molecule is Cc1cc(Cl)ccc1-n1cc(C(=O)Cl)c(=O)cc1C. The van der Waals surface area contributed by atoms with Gasteiger partial charge in [-0.15, -0.1) is 0 Å². The van der Waals surface area contributed by atoms with Crippen molar-refractivity contribution >= 4 is 28.4 Å². The molecule has 0 saturated heterocycles. The molecule has 1 aromatic heterocycles. The Morgan fingerprint density at radius 1 is 1.21 bits per heavy atom. The van der Waals surface area contributed by atoms with Gasteiger partial charge in [-0.1, -0.05) is 11.6 Å². The summed E-state index contributed by atoms with van der Waals surface area (Å²) in [5.41, 5.74) is 2.09. The maximum absolute atomic E-state index is 11.7. The Kier molecular flexibility index (Phi) is 3.78. The fourth-order valence-corrected chi connectivity index (χ4v) is 2.30. The van der Waals surface area contributed by atoms with Crippen molar-refractivity contribution in [2.45, 2.75) is 13.8 Å². The summed E-state index contributed by atoms with van der Waals surface area (Å²) in [5, 5.41) is -0.126. The number of benzene rings is 1. The quantitative estimate of drug-likeness (QED) is 0.796. The van der Waals surface area contributed by atoms with Crippen LogP contribution in [-0.2, 0) is 0 Å². The van der Waals surface area contributed by atoms with E-state index in [-0.39, 0.29) is 11.0 Å². The minimum Gasteiger partial charge on any atom is -0.320 e. The zero-order valence-electron chi connectivity index (χ0n) is 10.4. The van der Waals surface area contributed by atoms with Gasteiger partial charge in [0.1, 0.15) is 0 Å². The number of pyridine rings is 1. The Morgan fingerprint density at radius 2 is 1.89 bits per heavy atom. The molecule has 0 atom stereocenters. The van der Waals surface area contributed by atoms with Crippen LogP contribution < -0.4 is 5.43 Å². The summed E-state index contributed by atoms with van der Waals surface area (Å²) < 4.78 is 1.75. The zero-order chi connectivity index (χ0) is 14.2. The molecule has 1 heterocycles. The number of aromatic nitrogens is 1. The van der Waals surface area contributed by atoms with Crippen LogP contribution in [0.4, 0.5) is 0 Å². The lowest BCUT2D eigenvalue weighted by Gasteiger charge is -2.14. The molecule has 0 unspecified atom stereocenters. The standard InChI is InChI=1S/C14H11Cl2NO2/c1-8-5-10(15)3-4-12(8)17-7-11(14(16)19)13(18)6-9(17)2/h3-7H,1-2H3. The molecule has 0 saturated carbocycles. The molecule has 19 heavy (non-hydrogen) atoms. The summed E-state index contributed by atoms with van der Waals surface area (Å²) >= 11 is 11.3. The Morgan fingerprint density at radius 3 is 2.47 bits per heavy atom. The predicted octanol–water partition coefficient (Wildman–Crippen LogP) is 3.49. The maximum atomic E-state index is 11.7. The second-order valence-electron chi connectivity index (χ2n) is 4.27. The van der Waals surface area contributed by atoms with Gasteiger partial charge in [-0.25, -0.2) is 0 Å². The van der Waals surface area contributed by atoms with Crippen molar-refractivity contribution in [3.8, 4) is 5.69 Å². The molecular formula is C14H11Cl2NO2. The lowest BCUT2D eigenvalue weighted by Crippen LogP contribution is -2.16. The minimum atomic E-state index is -0.759. The molecule has 5 heteroatoms. The first kappa shape index (κ1) is 13.8. The predicted molar refractivity (Wildman–Crippen MR) is 76.7 cm³/mol. The Bertz CT molecular complexity index is 720. The topological polar surface area (TPSA) is 39.1 Å². The van der Waals surface area contributed by atoms with E-state index in [0.717, 1.165) is 16.9 Å². The van der Waals surface area contributed by atoms with Crippen LogP contribution in [0, 0.1) is 13.8 Å². The molecule has 0 fully saturated rings. The third-order valence-electron chi connectivity index (χ3n) is 2.87. The normalized spacial score (nSPS) is 10.5. The molecule has 0 N–H and O–H groups in total. The fourth-order valence-electron chi connectivity index (χ4n) is 1.93. The molecule has 98 valence electrons. The maximum Gasteiger partial charge on any atom is 0.257 e. The summed E-state index contributed by atoms with van der Waals surface area (Å²) in [7, 11) is 0. The van der Waals surface area contributed by atoms with E-state index in [1.807, 2.05) is 19.1 Å². The second kappa shape index (κ2) is 5.19. The van der Waals surface area contributed by atoms with Crippen molar-refractivity contribution in [1.29, 1.82) is 0 Å². The van der Waals surface area contributed by atoms with Crippen LogP contribution in [0.15, 0.2) is 35.3 Å². The van der Waals surface area contributed by atoms with Crippen molar-refractivity contribution in [1.82, 2.24) is 4.57 Å². The van der Waals surface area contributed by atoms with Gasteiger partial charge in [-0.2, -0.15) is 0 Å². The monoisotopic (exact) mass is 295 g/mol. The summed E-state index contributed by atoms with van der Waals surface area (Å²) in [6.45, 7) is 3.69. The van der Waals surface area contributed by atoms with E-state index in [1.54, 1.807) is 17.6 Å². The molecule has 0 aliphatic rings. The minimum absolute atomic E-state index is 0.0402. The van der Waals surface area contributed by atoms with Crippen LogP contribution in [0.2, 0.25) is 5.02 Å². The molecular weight excluding hydrogens is 285 g/mol. The number of halogens is 2. The van der Waals surface area contributed by atoms with Gasteiger partial charge in [0.05, 0.1) is 5.56 Å². The van der Waals surface area contributed by atoms with Crippen LogP contribution in [0.1, 0.15) is 21.6 Å². The van der Waals surface area contributed by atoms with Crippen LogP contribution in [0.25, 0.3) is 5.69 Å². The Hall–Kier alpha value is -1.58. The first-order valence-corrected chi connectivity index (χ1v) is 6.35. The fraction of sp³-hybridized carbons (Fsp3) is 0.143. The van der Waals surface area contributed by atoms with Crippen molar-refractivity contribution in [3.63, 3.8) is 0 Å². The van der Waals surface area contributed by atoms with Gasteiger partial charge in [-0.3, -0.25) is 9.59 Å². The Balaban J connectivity index is 2.71. The van der Waals surface area contributed by atoms with Crippen molar-refractivity contribution in [2.75, 3.05) is 0 Å². The summed E-state index contributed by atoms with van der Waals surface area (Å²) in [6, 6.07) is 6.79. The van der Waals surface area contributed by atoms with Gasteiger partial charge in [0.25, 0.3) is 5.24 Å². The number of carbonyl (C=O) groups is 1. The smallest absolute Gasteiger partial charge is 0.257 e. The van der Waals surface area contributed by atoms with E-state index in [2.05, 4.69) is 0 Å². The highest BCUT2D eigenvalue weighted by atomic mass is 35.5. The van der Waals surface area contributed by atoms with E-state index in [1.165, 1.54) is 12.3 Å². The van der Waals surface area contributed by atoms with Gasteiger partial charge < -0.3 is 4.57 Å². The number of nitrogens with zero attached hydrogens (tertiary/aromatic N) is 1. The molecule has 2 aromatic rings. The average Bonchev–Trinajstić information content (AvgIpc) is 2.30. The van der Waals surface area contributed by atoms with E-state index in [0.29, 0.717) is 5.02 Å². The Labute approximate surface area is 120 Å². The third kappa shape index (κ3) is 2.72. The first-order chi connectivity index (χ1) is 8.90. The van der Waals surface area contributed by atoms with Crippen molar-refractivity contribution in [2.24, 2.45) is 0 Å². The van der Waals surface area contributed by atoms with Crippen molar-refractivity contribution in [3.05, 3.63) is 62.5 Å². The second-order valence-corrected chi connectivity index (χ2v) is 5.05. The molecule has 0 spiro atoms. The van der Waals surface area contributed by atoms with Gasteiger partial charge >= 0.3 is 0 Å². The van der Waals surface area contributed by atoms with Crippen LogP contribution >= 0.6 is 23.2 Å². The van der Waals surface area contributed by atoms with Gasteiger partial charge in [0.15, 0.2) is 5.43 Å². The third-order valence-corrected chi connectivity index (χ3v) is 3.31. The van der Waals surface area contributed by atoms with E-state index < -0.39 is 5.24 Å². The lowest BCUT2D eigenvalue weighted by atomic mass is 10.1. The van der Waals surface area contributed by atoms with E-state index >= 15 is 0 Å². The molecule has 0 bridgehead atoms. The molecule has 3 nitrogen and oxygen atoms in total. The number of carbonyl (C=O) groups excluding carboxylic acids is 1.